The second-order valence-corrected chi connectivity index (χ2v) is 4.97. The van der Waals surface area contributed by atoms with Gasteiger partial charge in [-0.2, -0.15) is 5.10 Å². The molecule has 1 atom stereocenters. The van der Waals surface area contributed by atoms with Gasteiger partial charge in [0.25, 0.3) is 0 Å². The Morgan fingerprint density at radius 2 is 2.06 bits per heavy atom. The van der Waals surface area contributed by atoms with Gasteiger partial charge in [-0.05, 0) is 44.9 Å². The lowest BCUT2D eigenvalue weighted by Gasteiger charge is -2.24. The van der Waals surface area contributed by atoms with Crippen molar-refractivity contribution >= 4 is 5.71 Å². The number of ether oxygens (including phenoxy) is 1. The Bertz CT molecular complexity index is 232. The van der Waals surface area contributed by atoms with Gasteiger partial charge >= 0.3 is 0 Å². The highest BCUT2D eigenvalue weighted by atomic mass is 16.5. The van der Waals surface area contributed by atoms with Gasteiger partial charge in [0.2, 0.25) is 0 Å². The number of methoxy groups -OCH3 is 1. The van der Waals surface area contributed by atoms with E-state index in [1.54, 1.807) is 7.11 Å². The molecule has 0 aromatic heterocycles. The third-order valence-corrected chi connectivity index (χ3v) is 3.70. The van der Waals surface area contributed by atoms with E-state index in [2.05, 4.69) is 5.01 Å². The number of hydrazone groups is 1. The summed E-state index contributed by atoms with van der Waals surface area (Å²) in [6.07, 6.45) is 10.3. The molecule has 16 heavy (non-hydrogen) atoms. The predicted octanol–water partition coefficient (Wildman–Crippen LogP) is 2.81. The monoisotopic (exact) mass is 224 g/mol. The van der Waals surface area contributed by atoms with E-state index in [-0.39, 0.29) is 0 Å². The third kappa shape index (κ3) is 3.21. The van der Waals surface area contributed by atoms with Crippen molar-refractivity contribution in [3.8, 4) is 0 Å². The van der Waals surface area contributed by atoms with Gasteiger partial charge in [-0.1, -0.05) is 6.42 Å². The molecule has 3 heteroatoms. The van der Waals surface area contributed by atoms with E-state index in [0.29, 0.717) is 6.04 Å². The van der Waals surface area contributed by atoms with Crippen LogP contribution in [0.25, 0.3) is 0 Å². The predicted molar refractivity (Wildman–Crippen MR) is 66.7 cm³/mol. The molecule has 0 N–H and O–H groups in total. The molecule has 0 spiro atoms. The summed E-state index contributed by atoms with van der Waals surface area (Å²) in [7, 11) is 1.78. The first-order chi connectivity index (χ1) is 7.90. The molecule has 1 heterocycles. The zero-order valence-corrected chi connectivity index (χ0v) is 10.5. The van der Waals surface area contributed by atoms with Crippen LogP contribution in [0.1, 0.15) is 51.4 Å². The summed E-state index contributed by atoms with van der Waals surface area (Å²) in [6, 6.07) is 0.634. The van der Waals surface area contributed by atoms with Gasteiger partial charge in [0.05, 0.1) is 0 Å². The van der Waals surface area contributed by atoms with Crippen molar-refractivity contribution in [2.75, 3.05) is 20.3 Å². The second-order valence-electron chi connectivity index (χ2n) is 4.97. The fraction of sp³-hybridized carbons (Fsp3) is 0.923. The van der Waals surface area contributed by atoms with Crippen molar-refractivity contribution in [2.24, 2.45) is 5.10 Å². The average Bonchev–Trinajstić information content (AvgIpc) is 2.75. The van der Waals surface area contributed by atoms with Crippen LogP contribution in [0.4, 0.5) is 0 Å². The van der Waals surface area contributed by atoms with Crippen LogP contribution in [0.5, 0.6) is 0 Å². The van der Waals surface area contributed by atoms with E-state index < -0.39 is 0 Å². The maximum absolute atomic E-state index is 5.17. The molecule has 2 fully saturated rings. The topological polar surface area (TPSA) is 24.8 Å². The van der Waals surface area contributed by atoms with Crippen molar-refractivity contribution in [3.63, 3.8) is 0 Å². The molecule has 1 saturated carbocycles. The molecule has 0 aromatic carbocycles. The average molecular weight is 224 g/mol. The Morgan fingerprint density at radius 3 is 2.81 bits per heavy atom. The minimum absolute atomic E-state index is 0.634. The Balaban J connectivity index is 1.86. The molecular weight excluding hydrogens is 200 g/mol. The Hall–Kier alpha value is -0.570. The largest absolute Gasteiger partial charge is 0.385 e. The first kappa shape index (κ1) is 11.9. The van der Waals surface area contributed by atoms with Crippen LogP contribution in [0.2, 0.25) is 0 Å². The smallest absolute Gasteiger partial charge is 0.0493 e. The summed E-state index contributed by atoms with van der Waals surface area (Å²) in [5.74, 6) is 0. The molecule has 92 valence electrons. The van der Waals surface area contributed by atoms with Crippen molar-refractivity contribution in [3.05, 3.63) is 0 Å². The van der Waals surface area contributed by atoms with E-state index in [4.69, 9.17) is 9.84 Å². The van der Waals surface area contributed by atoms with Crippen LogP contribution in [0.15, 0.2) is 5.10 Å². The molecule has 1 aliphatic heterocycles. The van der Waals surface area contributed by atoms with Crippen LogP contribution in [-0.4, -0.2) is 37.0 Å². The third-order valence-electron chi connectivity index (χ3n) is 3.70. The molecule has 1 aliphatic carbocycles. The van der Waals surface area contributed by atoms with E-state index in [1.165, 1.54) is 50.7 Å². The van der Waals surface area contributed by atoms with Gasteiger partial charge < -0.3 is 4.74 Å². The lowest BCUT2D eigenvalue weighted by Crippen LogP contribution is -2.27. The summed E-state index contributed by atoms with van der Waals surface area (Å²) in [5, 5.41) is 7.20. The summed E-state index contributed by atoms with van der Waals surface area (Å²) >= 11 is 0. The lowest BCUT2D eigenvalue weighted by molar-refractivity contribution is 0.154. The number of nitrogens with zero attached hydrogens (tertiary/aromatic N) is 2. The highest BCUT2D eigenvalue weighted by Crippen LogP contribution is 2.23. The van der Waals surface area contributed by atoms with Crippen LogP contribution >= 0.6 is 0 Å². The maximum Gasteiger partial charge on any atom is 0.0493 e. The summed E-state index contributed by atoms with van der Waals surface area (Å²) in [4.78, 5) is 0. The van der Waals surface area contributed by atoms with Gasteiger partial charge in [-0.3, -0.25) is 5.01 Å². The van der Waals surface area contributed by atoms with E-state index in [1.807, 2.05) is 0 Å². The van der Waals surface area contributed by atoms with Crippen LogP contribution in [0.3, 0.4) is 0 Å². The molecule has 3 nitrogen and oxygen atoms in total. The molecule has 2 aliphatic rings. The standard InChI is InChI=1S/C13H24N2O/c1-16-11-9-13-8-5-10-15(13)14-12-6-3-2-4-7-12/h13H,2-11H2,1H3/t13-/m0/s1. The number of hydrogen-bond donors (Lipinski definition) is 0. The van der Waals surface area contributed by atoms with Crippen molar-refractivity contribution in [2.45, 2.75) is 57.4 Å². The zero-order valence-electron chi connectivity index (χ0n) is 10.5. The van der Waals surface area contributed by atoms with Crippen molar-refractivity contribution in [1.82, 2.24) is 5.01 Å². The van der Waals surface area contributed by atoms with E-state index in [9.17, 15) is 0 Å². The Morgan fingerprint density at radius 1 is 1.25 bits per heavy atom. The normalized spacial score (nSPS) is 26.2. The first-order valence-electron chi connectivity index (χ1n) is 6.72. The summed E-state index contributed by atoms with van der Waals surface area (Å²) in [6.45, 7) is 2.02. The summed E-state index contributed by atoms with van der Waals surface area (Å²) in [5.41, 5.74) is 1.44. The lowest BCUT2D eigenvalue weighted by atomic mass is 9.99. The van der Waals surface area contributed by atoms with E-state index in [0.717, 1.165) is 19.6 Å². The highest BCUT2D eigenvalue weighted by molar-refractivity contribution is 5.84. The fourth-order valence-corrected chi connectivity index (χ4v) is 2.74. The first-order valence-corrected chi connectivity index (χ1v) is 6.72. The quantitative estimate of drug-likeness (QED) is 0.733. The molecule has 0 unspecified atom stereocenters. The molecule has 2 rings (SSSR count). The minimum atomic E-state index is 0.634. The Kier molecular flexibility index (Phi) is 4.64. The molecule has 0 radical (unpaired) electrons. The van der Waals surface area contributed by atoms with Crippen LogP contribution in [-0.2, 0) is 4.74 Å². The van der Waals surface area contributed by atoms with Gasteiger partial charge in [0.1, 0.15) is 0 Å². The molecule has 0 amide bonds. The van der Waals surface area contributed by atoms with Gasteiger partial charge in [0, 0.05) is 32.0 Å². The Labute approximate surface area is 98.8 Å². The minimum Gasteiger partial charge on any atom is -0.385 e. The molecular formula is C13H24N2O. The van der Waals surface area contributed by atoms with Gasteiger partial charge in [-0.25, -0.2) is 0 Å². The number of hydrogen-bond acceptors (Lipinski definition) is 3. The molecule has 0 aromatic rings. The SMILES string of the molecule is COCC[C@@H]1CCCN1N=C1CCCCC1. The van der Waals surface area contributed by atoms with Gasteiger partial charge in [-0.15, -0.1) is 0 Å². The van der Waals surface area contributed by atoms with Crippen LogP contribution < -0.4 is 0 Å². The van der Waals surface area contributed by atoms with Gasteiger partial charge in [0.15, 0.2) is 0 Å². The molecule has 0 bridgehead atoms. The second kappa shape index (κ2) is 6.24. The van der Waals surface area contributed by atoms with Crippen LogP contribution in [0, 0.1) is 0 Å². The van der Waals surface area contributed by atoms with E-state index >= 15 is 0 Å². The zero-order chi connectivity index (χ0) is 11.2. The van der Waals surface area contributed by atoms with Crippen molar-refractivity contribution < 1.29 is 4.74 Å². The number of rotatable bonds is 4. The fourth-order valence-electron chi connectivity index (χ4n) is 2.74. The summed E-state index contributed by atoms with van der Waals surface area (Å²) < 4.78 is 5.17. The van der Waals surface area contributed by atoms with Crippen molar-refractivity contribution in [1.29, 1.82) is 0 Å². The highest BCUT2D eigenvalue weighted by Gasteiger charge is 2.23. The maximum atomic E-state index is 5.17. The molecule has 1 saturated heterocycles.